The lowest BCUT2D eigenvalue weighted by molar-refractivity contribution is 0.0509. The average Bonchev–Trinajstić information content (AvgIpc) is 3.34. The highest BCUT2D eigenvalue weighted by Crippen LogP contribution is 2.32. The van der Waals surface area contributed by atoms with Gasteiger partial charge in [0.15, 0.2) is 5.65 Å². The van der Waals surface area contributed by atoms with Crippen LogP contribution >= 0.6 is 0 Å². The lowest BCUT2D eigenvalue weighted by Gasteiger charge is -2.35. The molecule has 1 N–H and O–H groups in total. The minimum atomic E-state index is -4.18. The summed E-state index contributed by atoms with van der Waals surface area (Å²) in [6.45, 7) is 15.3. The van der Waals surface area contributed by atoms with E-state index in [1.54, 1.807) is 29.3 Å². The van der Waals surface area contributed by atoms with Crippen molar-refractivity contribution in [3.8, 4) is 17.1 Å². The molecule has 11 nitrogen and oxygen atoms in total. The molecule has 250 valence electrons. The Hall–Kier alpha value is -4.84. The summed E-state index contributed by atoms with van der Waals surface area (Å²) in [5.74, 6) is -0.277. The van der Waals surface area contributed by atoms with E-state index in [0.29, 0.717) is 17.8 Å². The maximum absolute atomic E-state index is 14.5. The number of carbonyl (C=O) groups excluding carboxylic acids is 1. The van der Waals surface area contributed by atoms with Crippen LogP contribution < -0.4 is 9.46 Å². The zero-order valence-electron chi connectivity index (χ0n) is 28.4. The molecule has 4 bridgehead atoms. The lowest BCUT2D eigenvalue weighted by Crippen LogP contribution is -2.45. The van der Waals surface area contributed by atoms with Crippen LogP contribution in [0.15, 0.2) is 65.7 Å². The van der Waals surface area contributed by atoms with Crippen LogP contribution in [-0.2, 0) is 23.1 Å². The second kappa shape index (κ2) is 12.6. The number of amides is 1. The Morgan fingerprint density at radius 2 is 1.71 bits per heavy atom. The van der Waals surface area contributed by atoms with Crippen molar-refractivity contribution >= 4 is 33.0 Å². The minimum absolute atomic E-state index is 0.0825. The fourth-order valence-electron chi connectivity index (χ4n) is 6.36. The van der Waals surface area contributed by atoms with E-state index in [1.165, 1.54) is 12.1 Å². The van der Waals surface area contributed by atoms with Gasteiger partial charge >= 0.3 is 0 Å². The highest BCUT2D eigenvalue weighted by Gasteiger charge is 2.32. The molecule has 1 amide bonds. The molecule has 0 radical (unpaired) electrons. The van der Waals surface area contributed by atoms with E-state index >= 15 is 0 Å². The fraction of sp³-hybridized carbons (Fsp3) is 0.361. The van der Waals surface area contributed by atoms with Crippen molar-refractivity contribution in [2.75, 3.05) is 11.3 Å². The third kappa shape index (κ3) is 6.75. The summed E-state index contributed by atoms with van der Waals surface area (Å²) in [6.07, 6.45) is 2.28. The first kappa shape index (κ1) is 33.1. The van der Waals surface area contributed by atoms with Crippen LogP contribution in [0.2, 0.25) is 0 Å². The molecule has 0 aliphatic carbocycles. The summed E-state index contributed by atoms with van der Waals surface area (Å²) in [5.41, 5.74) is 6.56. The Bertz CT molecular complexity index is 2120. The predicted octanol–water partition coefficient (Wildman–Crippen LogP) is 6.47. The topological polar surface area (TPSA) is 132 Å². The van der Waals surface area contributed by atoms with Crippen molar-refractivity contribution in [3.05, 3.63) is 88.9 Å². The van der Waals surface area contributed by atoms with E-state index in [2.05, 4.69) is 51.9 Å². The Kier molecular flexibility index (Phi) is 8.71. The van der Waals surface area contributed by atoms with Crippen LogP contribution in [0.3, 0.4) is 0 Å². The number of anilines is 1. The van der Waals surface area contributed by atoms with Gasteiger partial charge in [0.05, 0.1) is 35.1 Å². The molecule has 6 rings (SSSR count). The Labute approximate surface area is 281 Å². The molecule has 0 spiro atoms. The number of benzene rings is 2. The van der Waals surface area contributed by atoms with Gasteiger partial charge in [0.1, 0.15) is 12.1 Å². The summed E-state index contributed by atoms with van der Waals surface area (Å²) in [4.78, 5) is 34.8. The minimum Gasteiger partial charge on any atom is -0.475 e. The molecule has 0 unspecified atom stereocenters. The van der Waals surface area contributed by atoms with Crippen molar-refractivity contribution in [2.45, 2.75) is 78.9 Å². The first-order chi connectivity index (χ1) is 22.7. The molecule has 0 fully saturated rings. The van der Waals surface area contributed by atoms with Crippen molar-refractivity contribution in [3.63, 3.8) is 0 Å². The van der Waals surface area contributed by atoms with Gasteiger partial charge in [-0.3, -0.25) is 9.78 Å². The number of rotatable bonds is 5. The summed E-state index contributed by atoms with van der Waals surface area (Å²) in [5, 5.41) is 0. The number of carbonyl (C=O) groups is 1. The number of nitrogens with one attached hydrogen (secondary N) is 1. The van der Waals surface area contributed by atoms with Crippen LogP contribution in [-0.4, -0.2) is 56.4 Å². The Morgan fingerprint density at radius 3 is 2.42 bits per heavy atom. The predicted molar refractivity (Wildman–Crippen MR) is 185 cm³/mol. The van der Waals surface area contributed by atoms with Crippen LogP contribution in [0.5, 0.6) is 5.88 Å². The van der Waals surface area contributed by atoms with Crippen LogP contribution in [0.1, 0.15) is 67.0 Å². The molecule has 1 aliphatic rings. The summed E-state index contributed by atoms with van der Waals surface area (Å²) >= 11 is 0. The molecular formula is C36H41N7O4S. The molecule has 0 saturated carbocycles. The number of ether oxygens (including phenoxy) is 1. The standard InChI is InChI=1S/C36H41N7O4S/c1-8-42-24(4)15-30-33(42)38-26(19-37-30)20-43-27(18-36(5,6)7)21-47-31-17-29(32-22(2)11-9-12-23(32)3)39-35(40-31)41-48(45,46)28-14-10-13-25(16-28)34(43)44/h9-17,19,27H,8,18,20-21H2,1-7H3,(H,39,40,41)/t27-/m1/s1. The molecule has 1 aliphatic heterocycles. The first-order valence-electron chi connectivity index (χ1n) is 16.1. The number of fused-ring (bicyclic) bond motifs is 5. The smallest absolute Gasteiger partial charge is 0.264 e. The molecule has 48 heavy (non-hydrogen) atoms. The van der Waals surface area contributed by atoms with Crippen molar-refractivity contribution < 1.29 is 17.9 Å². The molecule has 5 aromatic rings. The number of hydrogen-bond donors (Lipinski definition) is 1. The summed E-state index contributed by atoms with van der Waals surface area (Å²) < 4.78 is 38.4. The molecule has 0 saturated heterocycles. The molecular weight excluding hydrogens is 627 g/mol. The van der Waals surface area contributed by atoms with Crippen LogP contribution in [0.25, 0.3) is 22.4 Å². The second-order valence-electron chi connectivity index (χ2n) is 13.6. The molecule has 1 atom stereocenters. The van der Waals surface area contributed by atoms with E-state index in [0.717, 1.165) is 40.1 Å². The van der Waals surface area contributed by atoms with E-state index in [9.17, 15) is 13.2 Å². The average molecular weight is 668 g/mol. The van der Waals surface area contributed by atoms with Crippen LogP contribution in [0.4, 0.5) is 5.95 Å². The lowest BCUT2D eigenvalue weighted by atomic mass is 9.87. The van der Waals surface area contributed by atoms with Crippen LogP contribution in [0, 0.1) is 26.2 Å². The highest BCUT2D eigenvalue weighted by molar-refractivity contribution is 7.92. The van der Waals surface area contributed by atoms with E-state index < -0.39 is 16.1 Å². The second-order valence-corrected chi connectivity index (χ2v) is 15.3. The van der Waals surface area contributed by atoms with Gasteiger partial charge in [-0.2, -0.15) is 4.98 Å². The zero-order chi connectivity index (χ0) is 34.4. The van der Waals surface area contributed by atoms with Crippen molar-refractivity contribution in [2.24, 2.45) is 5.41 Å². The maximum Gasteiger partial charge on any atom is 0.264 e. The van der Waals surface area contributed by atoms with Crippen molar-refractivity contribution in [1.29, 1.82) is 0 Å². The van der Waals surface area contributed by atoms with E-state index in [1.807, 2.05) is 45.0 Å². The maximum atomic E-state index is 14.5. The van der Waals surface area contributed by atoms with Gasteiger partial charge < -0.3 is 14.2 Å². The number of nitrogens with zero attached hydrogens (tertiary/aromatic N) is 6. The third-order valence-electron chi connectivity index (χ3n) is 8.54. The summed E-state index contributed by atoms with van der Waals surface area (Å²) in [6, 6.07) is 15.2. The van der Waals surface area contributed by atoms with Gasteiger partial charge in [-0.25, -0.2) is 23.1 Å². The molecule has 12 heteroatoms. The quantitative estimate of drug-likeness (QED) is 0.226. The largest absolute Gasteiger partial charge is 0.475 e. The molecule has 2 aromatic carbocycles. The monoisotopic (exact) mass is 667 g/mol. The normalized spacial score (nSPS) is 16.4. The fourth-order valence-corrected chi connectivity index (χ4v) is 7.35. The van der Waals surface area contributed by atoms with Gasteiger partial charge in [-0.1, -0.05) is 45.0 Å². The zero-order valence-corrected chi connectivity index (χ0v) is 29.2. The van der Waals surface area contributed by atoms with Gasteiger partial charge in [0.2, 0.25) is 11.8 Å². The van der Waals surface area contributed by atoms with Gasteiger partial charge in [-0.05, 0) is 74.9 Å². The molecule has 3 aromatic heterocycles. The van der Waals surface area contributed by atoms with Gasteiger partial charge in [-0.15, -0.1) is 0 Å². The Balaban J connectivity index is 1.50. The summed E-state index contributed by atoms with van der Waals surface area (Å²) in [7, 11) is -4.18. The van der Waals surface area contributed by atoms with Crippen molar-refractivity contribution in [1.82, 2.24) is 29.4 Å². The first-order valence-corrected chi connectivity index (χ1v) is 17.5. The SMILES string of the molecule is CCn1c(C)cc2ncc(CN3C(=O)c4cccc(c4)S(=O)(=O)Nc4nc(cc(-c5c(C)cccc5C)n4)OC[C@H]3CC(C)(C)C)nc21. The van der Waals surface area contributed by atoms with Gasteiger partial charge in [0.25, 0.3) is 15.9 Å². The number of hydrogen-bond acceptors (Lipinski definition) is 8. The van der Waals surface area contributed by atoms with E-state index in [4.69, 9.17) is 9.72 Å². The van der Waals surface area contributed by atoms with E-state index in [-0.39, 0.29) is 46.8 Å². The third-order valence-corrected chi connectivity index (χ3v) is 9.86. The number of aromatic nitrogens is 5. The number of aryl methyl sites for hydroxylation is 4. The number of sulfonamides is 1. The molecule has 4 heterocycles. The van der Waals surface area contributed by atoms with Gasteiger partial charge in [0, 0.05) is 29.4 Å². The highest BCUT2D eigenvalue weighted by atomic mass is 32.2. The Morgan fingerprint density at radius 1 is 0.979 bits per heavy atom.